The van der Waals surface area contributed by atoms with E-state index in [9.17, 15) is 0 Å². The molecule has 0 amide bonds. The molecule has 0 unspecified atom stereocenters. The molecule has 1 nitrogen and oxygen atoms in total. The van der Waals surface area contributed by atoms with Gasteiger partial charge in [-0.1, -0.05) is 63.3 Å². The second-order valence-electron chi connectivity index (χ2n) is 5.08. The molecule has 1 aliphatic carbocycles. The van der Waals surface area contributed by atoms with E-state index in [0.29, 0.717) is 0 Å². The van der Waals surface area contributed by atoms with Crippen LogP contribution in [0.1, 0.15) is 37.7 Å². The summed E-state index contributed by atoms with van der Waals surface area (Å²) >= 11 is 7.09. The minimum atomic E-state index is 0.792. The standard InChI is InChI=1S/C15H21Br2N/c16-10-11-18(15-4-2-1-3-5-15)12-13-6-8-14(17)9-7-13/h6-9,15H,1-5,10-12H2. The van der Waals surface area contributed by atoms with E-state index in [1.807, 2.05) is 0 Å². The summed E-state index contributed by atoms with van der Waals surface area (Å²) in [5.74, 6) is 0. The van der Waals surface area contributed by atoms with Gasteiger partial charge in [0.05, 0.1) is 0 Å². The maximum atomic E-state index is 3.59. The van der Waals surface area contributed by atoms with E-state index in [4.69, 9.17) is 0 Å². The summed E-state index contributed by atoms with van der Waals surface area (Å²) in [7, 11) is 0. The highest BCUT2D eigenvalue weighted by molar-refractivity contribution is 9.10. The molecule has 0 saturated heterocycles. The highest BCUT2D eigenvalue weighted by Gasteiger charge is 2.20. The normalized spacial score (nSPS) is 17.3. The van der Waals surface area contributed by atoms with Gasteiger partial charge in [-0.15, -0.1) is 0 Å². The molecule has 1 fully saturated rings. The minimum Gasteiger partial charge on any atom is -0.295 e. The van der Waals surface area contributed by atoms with Crippen LogP contribution in [0.2, 0.25) is 0 Å². The maximum Gasteiger partial charge on any atom is 0.0237 e. The third-order valence-corrected chi connectivity index (χ3v) is 4.65. The molecule has 100 valence electrons. The van der Waals surface area contributed by atoms with Crippen LogP contribution in [-0.4, -0.2) is 22.8 Å². The van der Waals surface area contributed by atoms with Crippen LogP contribution in [0.15, 0.2) is 28.7 Å². The second-order valence-corrected chi connectivity index (χ2v) is 6.79. The number of nitrogens with zero attached hydrogens (tertiary/aromatic N) is 1. The Bertz CT molecular complexity index is 344. The largest absolute Gasteiger partial charge is 0.295 e. The average molecular weight is 375 g/mol. The first-order chi connectivity index (χ1) is 8.79. The fraction of sp³-hybridized carbons (Fsp3) is 0.600. The molecule has 0 atom stereocenters. The molecule has 3 heteroatoms. The Labute approximate surface area is 127 Å². The zero-order valence-electron chi connectivity index (χ0n) is 10.7. The Morgan fingerprint density at radius 2 is 1.72 bits per heavy atom. The van der Waals surface area contributed by atoms with Gasteiger partial charge in [-0.25, -0.2) is 0 Å². The zero-order chi connectivity index (χ0) is 12.8. The highest BCUT2D eigenvalue weighted by Crippen LogP contribution is 2.24. The van der Waals surface area contributed by atoms with Gasteiger partial charge < -0.3 is 0 Å². The number of benzene rings is 1. The smallest absolute Gasteiger partial charge is 0.0237 e. The van der Waals surface area contributed by atoms with Gasteiger partial charge in [0.2, 0.25) is 0 Å². The Hall–Kier alpha value is 0.140. The van der Waals surface area contributed by atoms with Gasteiger partial charge in [-0.2, -0.15) is 0 Å². The van der Waals surface area contributed by atoms with Crippen molar-refractivity contribution in [1.29, 1.82) is 0 Å². The van der Waals surface area contributed by atoms with Crippen LogP contribution in [0, 0.1) is 0 Å². The third-order valence-electron chi connectivity index (χ3n) is 3.76. The summed E-state index contributed by atoms with van der Waals surface area (Å²) in [6.07, 6.45) is 7.00. The minimum absolute atomic E-state index is 0.792. The molecule has 0 radical (unpaired) electrons. The topological polar surface area (TPSA) is 3.24 Å². The summed E-state index contributed by atoms with van der Waals surface area (Å²) in [5.41, 5.74) is 1.42. The first kappa shape index (κ1) is 14.5. The quantitative estimate of drug-likeness (QED) is 0.657. The lowest BCUT2D eigenvalue weighted by molar-refractivity contribution is 0.158. The molecule has 0 N–H and O–H groups in total. The van der Waals surface area contributed by atoms with Gasteiger partial charge in [0, 0.05) is 28.9 Å². The van der Waals surface area contributed by atoms with Crippen molar-refractivity contribution in [2.75, 3.05) is 11.9 Å². The van der Waals surface area contributed by atoms with Crippen LogP contribution in [0.25, 0.3) is 0 Å². The summed E-state index contributed by atoms with van der Waals surface area (Å²) in [6.45, 7) is 2.24. The van der Waals surface area contributed by atoms with Crippen molar-refractivity contribution in [3.8, 4) is 0 Å². The van der Waals surface area contributed by atoms with Gasteiger partial charge in [-0.3, -0.25) is 4.90 Å². The Morgan fingerprint density at radius 1 is 1.06 bits per heavy atom. The van der Waals surface area contributed by atoms with Crippen LogP contribution in [0.4, 0.5) is 0 Å². The van der Waals surface area contributed by atoms with Crippen LogP contribution in [-0.2, 0) is 6.54 Å². The predicted octanol–water partition coefficient (Wildman–Crippen LogP) is 4.98. The van der Waals surface area contributed by atoms with E-state index < -0.39 is 0 Å². The van der Waals surface area contributed by atoms with Crippen molar-refractivity contribution in [2.45, 2.75) is 44.7 Å². The summed E-state index contributed by atoms with van der Waals surface area (Å²) < 4.78 is 1.16. The lowest BCUT2D eigenvalue weighted by Gasteiger charge is -2.34. The zero-order valence-corrected chi connectivity index (χ0v) is 13.9. The lowest BCUT2D eigenvalue weighted by atomic mass is 9.94. The van der Waals surface area contributed by atoms with E-state index in [0.717, 1.165) is 28.9 Å². The first-order valence-corrected chi connectivity index (χ1v) is 8.75. The van der Waals surface area contributed by atoms with Crippen molar-refractivity contribution in [3.63, 3.8) is 0 Å². The van der Waals surface area contributed by atoms with E-state index in [-0.39, 0.29) is 0 Å². The van der Waals surface area contributed by atoms with Crippen LogP contribution >= 0.6 is 31.9 Å². The van der Waals surface area contributed by atoms with E-state index in [2.05, 4.69) is 61.0 Å². The number of halogens is 2. The molecule has 1 aromatic carbocycles. The van der Waals surface area contributed by atoms with Gasteiger partial charge in [-0.05, 0) is 30.5 Å². The Kier molecular flexibility index (Phi) is 6.19. The van der Waals surface area contributed by atoms with Gasteiger partial charge in [0.25, 0.3) is 0 Å². The SMILES string of the molecule is BrCCN(Cc1ccc(Br)cc1)C1CCCCC1. The molecule has 0 spiro atoms. The molecule has 1 saturated carbocycles. The fourth-order valence-corrected chi connectivity index (χ4v) is 3.49. The van der Waals surface area contributed by atoms with Crippen LogP contribution < -0.4 is 0 Å². The van der Waals surface area contributed by atoms with E-state index in [1.165, 1.54) is 37.7 Å². The van der Waals surface area contributed by atoms with Gasteiger partial charge in [0.1, 0.15) is 0 Å². The number of hydrogen-bond acceptors (Lipinski definition) is 1. The van der Waals surface area contributed by atoms with Crippen LogP contribution in [0.3, 0.4) is 0 Å². The van der Waals surface area contributed by atoms with E-state index >= 15 is 0 Å². The van der Waals surface area contributed by atoms with Crippen molar-refractivity contribution in [3.05, 3.63) is 34.3 Å². The molecule has 0 aromatic heterocycles. The maximum absolute atomic E-state index is 3.59. The summed E-state index contributed by atoms with van der Waals surface area (Å²) in [6, 6.07) is 9.53. The number of hydrogen-bond donors (Lipinski definition) is 0. The second kappa shape index (κ2) is 7.66. The molecule has 2 rings (SSSR count). The molecule has 1 aromatic rings. The van der Waals surface area contributed by atoms with Crippen molar-refractivity contribution < 1.29 is 0 Å². The monoisotopic (exact) mass is 373 g/mol. The first-order valence-electron chi connectivity index (χ1n) is 6.84. The average Bonchev–Trinajstić information content (AvgIpc) is 2.42. The molecular formula is C15H21Br2N. The van der Waals surface area contributed by atoms with Crippen molar-refractivity contribution >= 4 is 31.9 Å². The lowest BCUT2D eigenvalue weighted by Crippen LogP contribution is -2.37. The molecule has 1 aliphatic rings. The molecule has 0 bridgehead atoms. The predicted molar refractivity (Wildman–Crippen MR) is 85.2 cm³/mol. The number of rotatable bonds is 5. The van der Waals surface area contributed by atoms with Crippen molar-refractivity contribution in [1.82, 2.24) is 4.90 Å². The molecular weight excluding hydrogens is 354 g/mol. The Balaban J connectivity index is 1.98. The molecule has 0 aliphatic heterocycles. The van der Waals surface area contributed by atoms with E-state index in [1.54, 1.807) is 0 Å². The van der Waals surface area contributed by atoms with Gasteiger partial charge in [0.15, 0.2) is 0 Å². The third kappa shape index (κ3) is 4.36. The fourth-order valence-electron chi connectivity index (χ4n) is 2.77. The summed E-state index contributed by atoms with van der Waals surface area (Å²) in [5, 5.41) is 1.07. The highest BCUT2D eigenvalue weighted by atomic mass is 79.9. The van der Waals surface area contributed by atoms with Gasteiger partial charge >= 0.3 is 0 Å². The summed E-state index contributed by atoms with van der Waals surface area (Å²) in [4.78, 5) is 2.65. The number of alkyl halides is 1. The van der Waals surface area contributed by atoms with Crippen LogP contribution in [0.5, 0.6) is 0 Å². The molecule has 18 heavy (non-hydrogen) atoms. The molecule has 0 heterocycles. The Morgan fingerprint density at radius 3 is 2.33 bits per heavy atom. The van der Waals surface area contributed by atoms with Crippen molar-refractivity contribution in [2.24, 2.45) is 0 Å².